The third-order valence-electron chi connectivity index (χ3n) is 3.43. The van der Waals surface area contributed by atoms with Crippen LogP contribution in [0.4, 0.5) is 0 Å². The molecule has 0 saturated carbocycles. The zero-order chi connectivity index (χ0) is 14.2. The molecule has 0 radical (unpaired) electrons. The minimum atomic E-state index is 0.693. The van der Waals surface area contributed by atoms with E-state index in [-0.39, 0.29) is 0 Å². The lowest BCUT2D eigenvalue weighted by atomic mass is 10.1. The van der Waals surface area contributed by atoms with E-state index in [4.69, 9.17) is 3.83 Å². The average molecular weight is 340 g/mol. The fourth-order valence-corrected chi connectivity index (χ4v) is 2.72. The number of aromatic nitrogens is 3. The summed E-state index contributed by atoms with van der Waals surface area (Å²) in [7, 11) is 0. The van der Waals surface area contributed by atoms with E-state index < -0.39 is 0 Å². The fourth-order valence-electron chi connectivity index (χ4n) is 2.52. The summed E-state index contributed by atoms with van der Waals surface area (Å²) in [6, 6.07) is 17.9. The van der Waals surface area contributed by atoms with Crippen LogP contribution in [0.25, 0.3) is 28.1 Å². The van der Waals surface area contributed by atoms with E-state index in [1.807, 2.05) is 54.6 Å². The van der Waals surface area contributed by atoms with Crippen molar-refractivity contribution in [1.82, 2.24) is 14.4 Å². The van der Waals surface area contributed by atoms with Gasteiger partial charge >= 0.3 is 0 Å². The van der Waals surface area contributed by atoms with Crippen LogP contribution in [0.15, 0.2) is 60.8 Å². The molecule has 21 heavy (non-hydrogen) atoms. The lowest BCUT2D eigenvalue weighted by Gasteiger charge is -2.07. The van der Waals surface area contributed by atoms with Crippen LogP contribution >= 0.6 is 16.3 Å². The van der Waals surface area contributed by atoms with Crippen molar-refractivity contribution in [3.8, 4) is 17.0 Å². The largest absolute Gasteiger partial charge is 0.418 e. The number of fused-ring (bicyclic) bond motifs is 3. The fraction of sp³-hybridized carbons (Fsp3) is 0. The maximum Gasteiger partial charge on any atom is 0.235 e. The number of hydrogen-bond donors (Lipinski definition) is 0. The van der Waals surface area contributed by atoms with Crippen LogP contribution in [0.2, 0.25) is 0 Å². The van der Waals surface area contributed by atoms with Crippen LogP contribution in [0.1, 0.15) is 0 Å². The highest BCUT2D eigenvalue weighted by Crippen LogP contribution is 2.27. The summed E-state index contributed by atoms with van der Waals surface area (Å²) in [5, 5.41) is 0. The Kier molecular flexibility index (Phi) is 2.86. The Hall–Kier alpha value is -2.40. The number of halogens is 1. The molecule has 102 valence electrons. The second-order valence-electron chi connectivity index (χ2n) is 4.67. The molecule has 4 rings (SSSR count). The minimum Gasteiger partial charge on any atom is -0.418 e. The number of imidazole rings is 1. The Morgan fingerprint density at radius 2 is 1.90 bits per heavy atom. The Labute approximate surface area is 129 Å². The normalized spacial score (nSPS) is 11.1. The molecule has 2 heterocycles. The molecule has 0 aliphatic rings. The first kappa shape index (κ1) is 12.3. The molecule has 0 bridgehead atoms. The Morgan fingerprint density at radius 3 is 2.81 bits per heavy atom. The summed E-state index contributed by atoms with van der Waals surface area (Å²) in [4.78, 5) is 8.91. The van der Waals surface area contributed by atoms with Crippen molar-refractivity contribution < 1.29 is 3.83 Å². The molecule has 0 spiro atoms. The topological polar surface area (TPSA) is 39.4 Å². The highest BCUT2D eigenvalue weighted by atomic mass is 79.9. The summed E-state index contributed by atoms with van der Waals surface area (Å²) in [6.45, 7) is 0. The average Bonchev–Trinajstić information content (AvgIpc) is 2.93. The first-order chi connectivity index (χ1) is 10.4. The molecule has 2 aromatic heterocycles. The van der Waals surface area contributed by atoms with Gasteiger partial charge in [0.25, 0.3) is 0 Å². The van der Waals surface area contributed by atoms with E-state index in [9.17, 15) is 0 Å². The van der Waals surface area contributed by atoms with E-state index in [0.29, 0.717) is 5.78 Å². The summed E-state index contributed by atoms with van der Waals surface area (Å²) in [5.74, 6) is 1.45. The van der Waals surface area contributed by atoms with Gasteiger partial charge in [-0.3, -0.25) is 4.40 Å². The quantitative estimate of drug-likeness (QED) is 0.548. The van der Waals surface area contributed by atoms with Crippen molar-refractivity contribution in [1.29, 1.82) is 0 Å². The molecule has 0 unspecified atom stereocenters. The van der Waals surface area contributed by atoms with Gasteiger partial charge in [0.15, 0.2) is 16.3 Å². The highest BCUT2D eigenvalue weighted by molar-refractivity contribution is 9.06. The van der Waals surface area contributed by atoms with Gasteiger partial charge < -0.3 is 3.83 Å². The molecule has 0 fully saturated rings. The predicted octanol–water partition coefficient (Wildman–Crippen LogP) is 4.24. The number of benzene rings is 2. The SMILES string of the molecule is BrOc1cccc(-c2ccnc3nc4ccccc4n23)c1. The van der Waals surface area contributed by atoms with Crippen LogP contribution in [0.3, 0.4) is 0 Å². The molecule has 0 aliphatic carbocycles. The number of hydrogen-bond acceptors (Lipinski definition) is 3. The van der Waals surface area contributed by atoms with Crippen molar-refractivity contribution >= 4 is 33.1 Å². The summed E-state index contributed by atoms with van der Waals surface area (Å²) >= 11 is 3.01. The van der Waals surface area contributed by atoms with Crippen LogP contribution in [0.5, 0.6) is 5.75 Å². The van der Waals surface area contributed by atoms with Crippen LogP contribution in [0, 0.1) is 0 Å². The van der Waals surface area contributed by atoms with Gasteiger partial charge in [-0.2, -0.15) is 0 Å². The zero-order valence-electron chi connectivity index (χ0n) is 10.9. The standard InChI is InChI=1S/C16H10BrN3O/c17-21-12-5-3-4-11(10-12)14-8-9-18-16-19-13-6-1-2-7-15(13)20(14)16/h1-10H. The number of para-hydroxylation sites is 2. The lowest BCUT2D eigenvalue weighted by molar-refractivity contribution is 0.679. The van der Waals surface area contributed by atoms with E-state index in [0.717, 1.165) is 28.0 Å². The van der Waals surface area contributed by atoms with Crippen molar-refractivity contribution in [2.45, 2.75) is 0 Å². The van der Waals surface area contributed by atoms with Crippen molar-refractivity contribution in [3.63, 3.8) is 0 Å². The molecule has 0 N–H and O–H groups in total. The minimum absolute atomic E-state index is 0.693. The van der Waals surface area contributed by atoms with Gasteiger partial charge in [0, 0.05) is 11.8 Å². The maximum absolute atomic E-state index is 5.13. The van der Waals surface area contributed by atoms with Gasteiger partial charge in [0.2, 0.25) is 5.78 Å². The first-order valence-corrected chi connectivity index (χ1v) is 7.13. The third kappa shape index (κ3) is 1.97. The van der Waals surface area contributed by atoms with E-state index >= 15 is 0 Å². The molecule has 4 aromatic rings. The van der Waals surface area contributed by atoms with E-state index in [1.165, 1.54) is 0 Å². The van der Waals surface area contributed by atoms with Crippen LogP contribution in [-0.4, -0.2) is 14.4 Å². The second-order valence-corrected chi connectivity index (χ2v) is 4.99. The van der Waals surface area contributed by atoms with Gasteiger partial charge in [0.1, 0.15) is 5.75 Å². The molecule has 0 aliphatic heterocycles. The van der Waals surface area contributed by atoms with Crippen molar-refractivity contribution in [2.75, 3.05) is 0 Å². The van der Waals surface area contributed by atoms with Gasteiger partial charge in [-0.15, -0.1) is 0 Å². The molecule has 4 nitrogen and oxygen atoms in total. The van der Waals surface area contributed by atoms with Gasteiger partial charge in [-0.25, -0.2) is 9.97 Å². The molecule has 0 amide bonds. The molecule has 0 saturated heterocycles. The lowest BCUT2D eigenvalue weighted by Crippen LogP contribution is -1.94. The summed E-state index contributed by atoms with van der Waals surface area (Å²) in [6.07, 6.45) is 1.78. The van der Waals surface area contributed by atoms with Gasteiger partial charge in [-0.05, 0) is 30.3 Å². The second kappa shape index (κ2) is 4.86. The Morgan fingerprint density at radius 1 is 1.00 bits per heavy atom. The summed E-state index contributed by atoms with van der Waals surface area (Å²) < 4.78 is 7.19. The smallest absolute Gasteiger partial charge is 0.235 e. The number of rotatable bonds is 2. The molecule has 5 heteroatoms. The molecular weight excluding hydrogens is 330 g/mol. The van der Waals surface area contributed by atoms with Gasteiger partial charge in [0.05, 0.1) is 16.7 Å². The molecule has 0 atom stereocenters. The maximum atomic E-state index is 5.13. The van der Waals surface area contributed by atoms with E-state index in [2.05, 4.69) is 30.6 Å². The Balaban J connectivity index is 2.08. The monoisotopic (exact) mass is 339 g/mol. The van der Waals surface area contributed by atoms with Crippen molar-refractivity contribution in [2.24, 2.45) is 0 Å². The zero-order valence-corrected chi connectivity index (χ0v) is 12.5. The molecular formula is C16H10BrN3O. The van der Waals surface area contributed by atoms with Gasteiger partial charge in [-0.1, -0.05) is 24.3 Å². The van der Waals surface area contributed by atoms with Crippen molar-refractivity contribution in [3.05, 3.63) is 60.8 Å². The summed E-state index contributed by atoms with van der Waals surface area (Å²) in [5.41, 5.74) is 4.05. The predicted molar refractivity (Wildman–Crippen MR) is 85.5 cm³/mol. The van der Waals surface area contributed by atoms with Crippen LogP contribution in [-0.2, 0) is 0 Å². The third-order valence-corrected chi connectivity index (χ3v) is 3.80. The molecule has 2 aromatic carbocycles. The number of nitrogens with zero attached hydrogens (tertiary/aromatic N) is 3. The first-order valence-electron chi connectivity index (χ1n) is 6.48. The highest BCUT2D eigenvalue weighted by Gasteiger charge is 2.10. The Bertz CT molecular complexity index is 948. The van der Waals surface area contributed by atoms with Crippen LogP contribution < -0.4 is 3.83 Å². The van der Waals surface area contributed by atoms with E-state index in [1.54, 1.807) is 6.20 Å².